The smallest absolute Gasteiger partial charge is 0.186 e. The van der Waals surface area contributed by atoms with Crippen molar-refractivity contribution in [2.75, 3.05) is 0 Å². The molecule has 0 fully saturated rings. The van der Waals surface area contributed by atoms with Gasteiger partial charge in [-0.3, -0.25) is 9.59 Å². The Morgan fingerprint density at radius 3 is 0.971 bits per heavy atom. The van der Waals surface area contributed by atoms with Crippen molar-refractivity contribution in [3.63, 3.8) is 0 Å². The summed E-state index contributed by atoms with van der Waals surface area (Å²) in [5.41, 5.74) is 3.18. The van der Waals surface area contributed by atoms with Crippen LogP contribution in [0.25, 0.3) is 9.81 Å². The number of ketones is 2. The molecular weight excluding hydrogens is 456 g/mol. The SMILES string of the molecule is O=C(/C=C(\SS/C(=C/C(=O)c1ccccc1)c1ccccc1)c1ccccc1)c1ccccc1. The van der Waals surface area contributed by atoms with E-state index in [0.29, 0.717) is 11.1 Å². The van der Waals surface area contributed by atoms with Gasteiger partial charge in [0, 0.05) is 33.1 Å². The van der Waals surface area contributed by atoms with Crippen LogP contribution >= 0.6 is 21.6 Å². The van der Waals surface area contributed by atoms with Crippen molar-refractivity contribution < 1.29 is 9.59 Å². The molecule has 0 aliphatic heterocycles. The molecular formula is C30H22O2S2. The highest BCUT2D eigenvalue weighted by Gasteiger charge is 2.13. The van der Waals surface area contributed by atoms with Gasteiger partial charge in [0.25, 0.3) is 0 Å². The zero-order valence-electron chi connectivity index (χ0n) is 18.3. The summed E-state index contributed by atoms with van der Waals surface area (Å²) < 4.78 is 0. The van der Waals surface area contributed by atoms with Crippen LogP contribution in [-0.2, 0) is 0 Å². The molecule has 0 saturated heterocycles. The summed E-state index contributed by atoms with van der Waals surface area (Å²) in [6, 6.07) is 38.1. The van der Waals surface area contributed by atoms with E-state index in [2.05, 4.69) is 0 Å². The maximum atomic E-state index is 12.9. The topological polar surface area (TPSA) is 34.1 Å². The third kappa shape index (κ3) is 6.47. The second-order valence-electron chi connectivity index (χ2n) is 7.38. The van der Waals surface area contributed by atoms with E-state index in [1.54, 1.807) is 12.2 Å². The maximum Gasteiger partial charge on any atom is 0.186 e. The van der Waals surface area contributed by atoms with Crippen molar-refractivity contribution in [3.05, 3.63) is 156 Å². The van der Waals surface area contributed by atoms with Gasteiger partial charge in [0.05, 0.1) is 0 Å². The third-order valence-electron chi connectivity index (χ3n) is 4.98. The fourth-order valence-corrected chi connectivity index (χ4v) is 5.57. The summed E-state index contributed by atoms with van der Waals surface area (Å²) in [5, 5.41) is 0. The van der Waals surface area contributed by atoms with Crippen LogP contribution in [0.15, 0.2) is 133 Å². The Labute approximate surface area is 207 Å². The molecule has 4 rings (SSSR count). The van der Waals surface area contributed by atoms with Crippen LogP contribution in [0.1, 0.15) is 31.8 Å². The van der Waals surface area contributed by atoms with Gasteiger partial charge < -0.3 is 0 Å². The highest BCUT2D eigenvalue weighted by atomic mass is 33.1. The number of benzene rings is 4. The minimum atomic E-state index is -0.0573. The lowest BCUT2D eigenvalue weighted by molar-refractivity contribution is 0.103. The van der Waals surface area contributed by atoms with Crippen LogP contribution in [0, 0.1) is 0 Å². The van der Waals surface area contributed by atoms with Gasteiger partial charge >= 0.3 is 0 Å². The number of allylic oxidation sites excluding steroid dienone is 2. The predicted molar refractivity (Wildman–Crippen MR) is 146 cm³/mol. The quantitative estimate of drug-likeness (QED) is 0.138. The molecule has 0 radical (unpaired) electrons. The first kappa shape index (κ1) is 23.6. The number of hydrogen-bond donors (Lipinski definition) is 0. The van der Waals surface area contributed by atoms with E-state index in [-0.39, 0.29) is 11.6 Å². The predicted octanol–water partition coefficient (Wildman–Crippen LogP) is 8.22. The van der Waals surface area contributed by atoms with E-state index < -0.39 is 0 Å². The summed E-state index contributed by atoms with van der Waals surface area (Å²) >= 11 is 0. The molecule has 0 heterocycles. The van der Waals surface area contributed by atoms with Crippen LogP contribution in [0.3, 0.4) is 0 Å². The lowest BCUT2D eigenvalue weighted by Crippen LogP contribution is -1.96. The highest BCUT2D eigenvalue weighted by molar-refractivity contribution is 8.83. The largest absolute Gasteiger partial charge is 0.289 e. The first-order chi connectivity index (χ1) is 16.7. The molecule has 166 valence electrons. The van der Waals surface area contributed by atoms with E-state index in [0.717, 1.165) is 20.9 Å². The number of rotatable bonds is 9. The number of carbonyl (C=O) groups is 2. The Bertz CT molecular complexity index is 1190. The van der Waals surface area contributed by atoms with Gasteiger partial charge in [0.1, 0.15) is 0 Å². The first-order valence-electron chi connectivity index (χ1n) is 10.8. The lowest BCUT2D eigenvalue weighted by atomic mass is 10.1. The second-order valence-corrected chi connectivity index (χ2v) is 9.59. The van der Waals surface area contributed by atoms with Gasteiger partial charge in [0.2, 0.25) is 0 Å². The summed E-state index contributed by atoms with van der Waals surface area (Å²) in [6.45, 7) is 0. The Hall–Kier alpha value is -3.60. The molecule has 34 heavy (non-hydrogen) atoms. The lowest BCUT2D eigenvalue weighted by Gasteiger charge is -2.10. The summed E-state index contributed by atoms with van der Waals surface area (Å²) in [4.78, 5) is 27.5. The molecule has 0 aliphatic carbocycles. The zero-order chi connectivity index (χ0) is 23.6. The van der Waals surface area contributed by atoms with Crippen molar-refractivity contribution in [1.29, 1.82) is 0 Å². The monoisotopic (exact) mass is 478 g/mol. The summed E-state index contributed by atoms with van der Waals surface area (Å²) in [5.74, 6) is -0.115. The normalized spacial score (nSPS) is 11.8. The van der Waals surface area contributed by atoms with Gasteiger partial charge in [-0.25, -0.2) is 0 Å². The first-order valence-corrected chi connectivity index (χ1v) is 12.9. The average molecular weight is 479 g/mol. The molecule has 2 nitrogen and oxygen atoms in total. The van der Waals surface area contributed by atoms with E-state index in [1.165, 1.54) is 21.6 Å². The standard InChI is InChI=1S/C30H22O2S2/c31-27(23-13-5-1-6-14-23)21-29(25-17-9-3-10-18-25)33-34-30(26-19-11-4-12-20-26)22-28(32)24-15-7-2-8-16-24/h1-22H/b29-21-,30-22+. The molecule has 4 aromatic carbocycles. The molecule has 0 spiro atoms. The number of carbonyl (C=O) groups excluding carboxylic acids is 2. The summed E-state index contributed by atoms with van der Waals surface area (Å²) in [7, 11) is 2.95. The maximum absolute atomic E-state index is 12.9. The Kier molecular flexibility index (Phi) is 8.33. The molecule has 0 unspecified atom stereocenters. The van der Waals surface area contributed by atoms with E-state index >= 15 is 0 Å². The van der Waals surface area contributed by atoms with Crippen molar-refractivity contribution >= 4 is 43.0 Å². The fourth-order valence-electron chi connectivity index (χ4n) is 3.22. The average Bonchev–Trinajstić information content (AvgIpc) is 2.92. The molecule has 0 aromatic heterocycles. The van der Waals surface area contributed by atoms with E-state index in [1.807, 2.05) is 121 Å². The zero-order valence-corrected chi connectivity index (χ0v) is 20.0. The van der Waals surface area contributed by atoms with Crippen LogP contribution in [0.4, 0.5) is 0 Å². The Balaban J connectivity index is 1.65. The highest BCUT2D eigenvalue weighted by Crippen LogP contribution is 2.45. The van der Waals surface area contributed by atoms with Crippen molar-refractivity contribution in [1.82, 2.24) is 0 Å². The second kappa shape index (κ2) is 12.0. The number of hydrogen-bond acceptors (Lipinski definition) is 4. The molecule has 0 N–H and O–H groups in total. The van der Waals surface area contributed by atoms with Crippen LogP contribution < -0.4 is 0 Å². The molecule has 0 amide bonds. The van der Waals surface area contributed by atoms with Crippen LogP contribution in [-0.4, -0.2) is 11.6 Å². The molecule has 4 aromatic rings. The molecule has 4 heteroatoms. The van der Waals surface area contributed by atoms with Gasteiger partial charge in [-0.1, -0.05) is 143 Å². The van der Waals surface area contributed by atoms with Gasteiger partial charge in [-0.05, 0) is 11.1 Å². The molecule has 0 atom stereocenters. The molecule has 0 bridgehead atoms. The van der Waals surface area contributed by atoms with Crippen LogP contribution in [0.5, 0.6) is 0 Å². The third-order valence-corrected chi connectivity index (χ3v) is 7.46. The van der Waals surface area contributed by atoms with Gasteiger partial charge in [-0.15, -0.1) is 0 Å². The van der Waals surface area contributed by atoms with E-state index in [4.69, 9.17) is 0 Å². The Morgan fingerprint density at radius 1 is 0.412 bits per heavy atom. The van der Waals surface area contributed by atoms with Crippen molar-refractivity contribution in [3.8, 4) is 0 Å². The van der Waals surface area contributed by atoms with Crippen molar-refractivity contribution in [2.45, 2.75) is 0 Å². The van der Waals surface area contributed by atoms with Crippen LogP contribution in [0.2, 0.25) is 0 Å². The molecule has 0 aliphatic rings. The van der Waals surface area contributed by atoms with Crippen molar-refractivity contribution in [2.24, 2.45) is 0 Å². The van der Waals surface area contributed by atoms with Gasteiger partial charge in [-0.2, -0.15) is 0 Å². The minimum absolute atomic E-state index is 0.0573. The van der Waals surface area contributed by atoms with Gasteiger partial charge in [0.15, 0.2) is 11.6 Å². The Morgan fingerprint density at radius 2 is 0.676 bits per heavy atom. The minimum Gasteiger partial charge on any atom is -0.289 e. The molecule has 0 saturated carbocycles. The fraction of sp³-hybridized carbons (Fsp3) is 0. The summed E-state index contributed by atoms with van der Waals surface area (Å²) in [6.07, 6.45) is 3.34. The van der Waals surface area contributed by atoms with E-state index in [9.17, 15) is 9.59 Å².